The number of carboxylic acid groups (broad SMARTS) is 1. The summed E-state index contributed by atoms with van der Waals surface area (Å²) in [6.07, 6.45) is 0.00122. The number of hydrogen-bond donors (Lipinski definition) is 1. The predicted molar refractivity (Wildman–Crippen MR) is 58.9 cm³/mol. The molecule has 1 atom stereocenters. The van der Waals surface area contributed by atoms with Gasteiger partial charge in [-0.05, 0) is 40.9 Å². The van der Waals surface area contributed by atoms with Gasteiger partial charge in [0.05, 0.1) is 9.83 Å². The number of amides is 1. The van der Waals surface area contributed by atoms with Gasteiger partial charge in [0.1, 0.15) is 0 Å². The molecule has 0 saturated carbocycles. The molecule has 2 heterocycles. The van der Waals surface area contributed by atoms with Crippen molar-refractivity contribution in [2.75, 3.05) is 6.54 Å². The zero-order valence-electron chi connectivity index (χ0n) is 7.66. The SMILES string of the molecule is CC1c2sc(Br)cc2CCN1C(=O)O. The second-order valence-electron chi connectivity index (χ2n) is 3.34. The van der Waals surface area contributed by atoms with E-state index in [4.69, 9.17) is 5.11 Å². The van der Waals surface area contributed by atoms with E-state index in [1.54, 1.807) is 11.3 Å². The molecule has 0 radical (unpaired) electrons. The van der Waals surface area contributed by atoms with E-state index < -0.39 is 6.09 Å². The van der Waals surface area contributed by atoms with Crippen LogP contribution in [-0.2, 0) is 6.42 Å². The van der Waals surface area contributed by atoms with E-state index in [0.717, 1.165) is 10.2 Å². The molecule has 0 aliphatic carbocycles. The summed E-state index contributed by atoms with van der Waals surface area (Å²) in [4.78, 5) is 13.6. The minimum absolute atomic E-state index is 0.00690. The third-order valence-electron chi connectivity index (χ3n) is 2.53. The summed E-state index contributed by atoms with van der Waals surface area (Å²) in [5.41, 5.74) is 1.28. The second kappa shape index (κ2) is 3.55. The lowest BCUT2D eigenvalue weighted by Crippen LogP contribution is -2.36. The fraction of sp³-hybridized carbons (Fsp3) is 0.444. The largest absolute Gasteiger partial charge is 0.465 e. The molecule has 5 heteroatoms. The highest BCUT2D eigenvalue weighted by Gasteiger charge is 2.28. The average Bonchev–Trinajstić information content (AvgIpc) is 2.46. The first-order valence-electron chi connectivity index (χ1n) is 4.37. The van der Waals surface area contributed by atoms with E-state index in [1.807, 2.05) is 6.92 Å². The molecule has 0 fully saturated rings. The third-order valence-corrected chi connectivity index (χ3v) is 4.38. The van der Waals surface area contributed by atoms with Crippen LogP contribution in [0.3, 0.4) is 0 Å². The molecule has 1 aliphatic rings. The summed E-state index contributed by atoms with van der Waals surface area (Å²) in [5, 5.41) is 8.96. The fourth-order valence-corrected chi connectivity index (χ4v) is 3.60. The molecular formula is C9H10BrNO2S. The predicted octanol–water partition coefficient (Wildman–Crippen LogP) is 3.11. The van der Waals surface area contributed by atoms with Crippen LogP contribution in [0.1, 0.15) is 23.4 Å². The Balaban J connectivity index is 2.35. The molecule has 1 amide bonds. The van der Waals surface area contributed by atoms with E-state index in [1.165, 1.54) is 15.3 Å². The highest BCUT2D eigenvalue weighted by atomic mass is 79.9. The Hall–Kier alpha value is -0.550. The summed E-state index contributed by atoms with van der Waals surface area (Å²) in [6, 6.07) is 2.09. The normalized spacial score (nSPS) is 20.7. The Morgan fingerprint density at radius 1 is 1.79 bits per heavy atom. The zero-order valence-corrected chi connectivity index (χ0v) is 10.1. The van der Waals surface area contributed by atoms with Crippen LogP contribution in [0.15, 0.2) is 9.85 Å². The van der Waals surface area contributed by atoms with Crippen molar-refractivity contribution < 1.29 is 9.90 Å². The average molecular weight is 276 g/mol. The van der Waals surface area contributed by atoms with E-state index in [2.05, 4.69) is 22.0 Å². The lowest BCUT2D eigenvalue weighted by molar-refractivity contribution is 0.125. The van der Waals surface area contributed by atoms with Crippen molar-refractivity contribution in [2.24, 2.45) is 0 Å². The fourth-order valence-electron chi connectivity index (χ4n) is 1.79. The maximum absolute atomic E-state index is 10.9. The highest BCUT2D eigenvalue weighted by molar-refractivity contribution is 9.11. The van der Waals surface area contributed by atoms with Crippen LogP contribution in [0.5, 0.6) is 0 Å². The molecule has 0 aromatic carbocycles. The first-order chi connectivity index (χ1) is 6.59. The van der Waals surface area contributed by atoms with Crippen molar-refractivity contribution in [2.45, 2.75) is 19.4 Å². The van der Waals surface area contributed by atoms with Gasteiger partial charge >= 0.3 is 6.09 Å². The Kier molecular flexibility index (Phi) is 2.53. The van der Waals surface area contributed by atoms with E-state index in [0.29, 0.717) is 6.54 Å². The number of halogens is 1. The van der Waals surface area contributed by atoms with Crippen LogP contribution in [0.4, 0.5) is 4.79 Å². The Morgan fingerprint density at radius 2 is 2.50 bits per heavy atom. The van der Waals surface area contributed by atoms with Gasteiger partial charge in [-0.25, -0.2) is 4.79 Å². The molecule has 1 N–H and O–H groups in total. The van der Waals surface area contributed by atoms with Crippen LogP contribution in [0.2, 0.25) is 0 Å². The molecule has 76 valence electrons. The van der Waals surface area contributed by atoms with Crippen molar-refractivity contribution in [3.05, 3.63) is 20.3 Å². The second-order valence-corrected chi connectivity index (χ2v) is 5.80. The van der Waals surface area contributed by atoms with Crippen molar-refractivity contribution in [3.8, 4) is 0 Å². The van der Waals surface area contributed by atoms with E-state index in [-0.39, 0.29) is 6.04 Å². The van der Waals surface area contributed by atoms with Gasteiger partial charge in [-0.3, -0.25) is 0 Å². The molecule has 0 spiro atoms. The van der Waals surface area contributed by atoms with Gasteiger partial charge in [-0.1, -0.05) is 0 Å². The molecule has 2 rings (SSSR count). The first kappa shape index (κ1) is 9.98. The van der Waals surface area contributed by atoms with Crippen LogP contribution < -0.4 is 0 Å². The van der Waals surface area contributed by atoms with Gasteiger partial charge in [0.15, 0.2) is 0 Å². The number of thiophene rings is 1. The van der Waals surface area contributed by atoms with Gasteiger partial charge in [-0.15, -0.1) is 11.3 Å². The molecule has 1 aromatic rings. The van der Waals surface area contributed by atoms with Gasteiger partial charge in [0, 0.05) is 11.4 Å². The monoisotopic (exact) mass is 275 g/mol. The summed E-state index contributed by atoms with van der Waals surface area (Å²) < 4.78 is 1.08. The molecule has 1 unspecified atom stereocenters. The number of carbonyl (C=O) groups is 1. The Labute approximate surface area is 94.5 Å². The Morgan fingerprint density at radius 3 is 3.14 bits per heavy atom. The number of fused-ring (bicyclic) bond motifs is 1. The molecule has 1 aliphatic heterocycles. The summed E-state index contributed by atoms with van der Waals surface area (Å²) in [6.45, 7) is 2.54. The van der Waals surface area contributed by atoms with Gasteiger partial charge in [-0.2, -0.15) is 0 Å². The lowest BCUT2D eigenvalue weighted by Gasteiger charge is -2.30. The van der Waals surface area contributed by atoms with Gasteiger partial charge < -0.3 is 10.0 Å². The molecule has 0 bridgehead atoms. The molecule has 14 heavy (non-hydrogen) atoms. The van der Waals surface area contributed by atoms with Gasteiger partial charge in [0.2, 0.25) is 0 Å². The van der Waals surface area contributed by atoms with Crippen LogP contribution in [0, 0.1) is 0 Å². The van der Waals surface area contributed by atoms with Gasteiger partial charge in [0.25, 0.3) is 0 Å². The van der Waals surface area contributed by atoms with E-state index >= 15 is 0 Å². The number of rotatable bonds is 0. The number of hydrogen-bond acceptors (Lipinski definition) is 2. The molecule has 0 saturated heterocycles. The summed E-state index contributed by atoms with van der Waals surface area (Å²) in [7, 11) is 0. The van der Waals surface area contributed by atoms with Crippen LogP contribution in [0.25, 0.3) is 0 Å². The summed E-state index contributed by atoms with van der Waals surface area (Å²) in [5.74, 6) is 0. The zero-order chi connectivity index (χ0) is 10.3. The van der Waals surface area contributed by atoms with Crippen LogP contribution in [-0.4, -0.2) is 22.6 Å². The minimum Gasteiger partial charge on any atom is -0.465 e. The first-order valence-corrected chi connectivity index (χ1v) is 5.98. The Bertz CT molecular complexity index is 377. The van der Waals surface area contributed by atoms with Crippen LogP contribution >= 0.6 is 27.3 Å². The quantitative estimate of drug-likeness (QED) is 0.791. The van der Waals surface area contributed by atoms with Crippen molar-refractivity contribution in [3.63, 3.8) is 0 Å². The maximum atomic E-state index is 10.9. The highest BCUT2D eigenvalue weighted by Crippen LogP contribution is 2.37. The maximum Gasteiger partial charge on any atom is 0.407 e. The molecule has 3 nitrogen and oxygen atoms in total. The van der Waals surface area contributed by atoms with Crippen molar-refractivity contribution >= 4 is 33.4 Å². The van der Waals surface area contributed by atoms with E-state index in [9.17, 15) is 4.79 Å². The third kappa shape index (κ3) is 1.54. The van der Waals surface area contributed by atoms with Crippen molar-refractivity contribution in [1.29, 1.82) is 0 Å². The molecular weight excluding hydrogens is 266 g/mol. The molecule has 1 aromatic heterocycles. The lowest BCUT2D eigenvalue weighted by atomic mass is 10.0. The topological polar surface area (TPSA) is 40.5 Å². The smallest absolute Gasteiger partial charge is 0.407 e. The van der Waals surface area contributed by atoms with Crippen molar-refractivity contribution in [1.82, 2.24) is 4.90 Å². The summed E-state index contributed by atoms with van der Waals surface area (Å²) >= 11 is 5.06. The standard InChI is InChI=1S/C9H10BrNO2S/c1-5-8-6(4-7(10)14-8)2-3-11(5)9(12)13/h4-5H,2-3H2,1H3,(H,12,13). The minimum atomic E-state index is -0.826. The number of nitrogens with zero attached hydrogens (tertiary/aromatic N) is 1.